The lowest BCUT2D eigenvalue weighted by molar-refractivity contribution is 0.0541. The summed E-state index contributed by atoms with van der Waals surface area (Å²) in [5.41, 5.74) is 11.9. The Kier molecular flexibility index (Phi) is 8.43. The van der Waals surface area contributed by atoms with Crippen molar-refractivity contribution in [3.05, 3.63) is 70.1 Å². The number of carbonyl (C=O) groups is 2. The number of amides is 2. The summed E-state index contributed by atoms with van der Waals surface area (Å²) in [6.07, 6.45) is 15.9. The summed E-state index contributed by atoms with van der Waals surface area (Å²) in [5, 5.41) is 2.90. The van der Waals surface area contributed by atoms with E-state index in [1.807, 2.05) is 59.8 Å². The second-order valence-corrected chi connectivity index (χ2v) is 11.2. The van der Waals surface area contributed by atoms with Crippen LogP contribution in [0, 0.1) is 0 Å². The summed E-state index contributed by atoms with van der Waals surface area (Å²) < 4.78 is 10.7. The number of alkyl carbamates (subject to hydrolysis) is 1. The van der Waals surface area contributed by atoms with Gasteiger partial charge in [-0.05, 0) is 109 Å². The highest BCUT2D eigenvalue weighted by atomic mass is 16.6. The van der Waals surface area contributed by atoms with Crippen LogP contribution >= 0.6 is 0 Å². The summed E-state index contributed by atoms with van der Waals surface area (Å²) in [6, 6.07) is 0. The lowest BCUT2D eigenvalue weighted by Gasteiger charge is -2.26. The van der Waals surface area contributed by atoms with Crippen LogP contribution in [0.2, 0.25) is 0 Å². The van der Waals surface area contributed by atoms with Gasteiger partial charge >= 0.3 is 12.2 Å². The zero-order valence-electron chi connectivity index (χ0n) is 22.4. The smallest absolute Gasteiger partial charge is 0.434 e. The highest BCUT2D eigenvalue weighted by molar-refractivity contribution is 6.02. The Hall–Kier alpha value is -3.35. The quantitative estimate of drug-likeness (QED) is 0.445. The number of allylic oxidation sites excluding steroid dienone is 10. The van der Waals surface area contributed by atoms with Crippen molar-refractivity contribution >= 4 is 17.9 Å². The first-order valence-electron chi connectivity index (χ1n) is 12.6. The van der Waals surface area contributed by atoms with Gasteiger partial charge in [-0.1, -0.05) is 24.3 Å². The minimum atomic E-state index is -0.578. The van der Waals surface area contributed by atoms with Crippen LogP contribution in [0.1, 0.15) is 80.1 Å². The number of carbonyl (C=O) groups excluding carboxylic acids is 2. The zero-order chi connectivity index (χ0) is 26.5. The molecule has 0 aliphatic heterocycles. The third-order valence-corrected chi connectivity index (χ3v) is 5.69. The molecule has 7 heteroatoms. The van der Waals surface area contributed by atoms with Crippen molar-refractivity contribution in [2.75, 3.05) is 0 Å². The number of nitrogens with two attached hydrogens (primary N) is 1. The minimum absolute atomic E-state index is 0.472. The van der Waals surface area contributed by atoms with E-state index in [-0.39, 0.29) is 0 Å². The Labute approximate surface area is 214 Å². The molecule has 3 N–H and O–H groups in total. The van der Waals surface area contributed by atoms with Gasteiger partial charge in [0.2, 0.25) is 0 Å². The molecule has 0 bridgehead atoms. The molecule has 3 aliphatic carbocycles. The molecular formula is C29H39N3O4. The van der Waals surface area contributed by atoms with Gasteiger partial charge in [0.25, 0.3) is 0 Å². The summed E-state index contributed by atoms with van der Waals surface area (Å²) in [4.78, 5) is 28.6. The Morgan fingerprint density at radius 2 is 1.64 bits per heavy atom. The number of rotatable bonds is 2. The fraction of sp³-hybridized carbons (Fsp3) is 0.483. The molecule has 2 amide bonds. The maximum absolute atomic E-state index is 12.4. The van der Waals surface area contributed by atoms with E-state index in [9.17, 15) is 9.59 Å². The number of hydrogen-bond donors (Lipinski definition) is 2. The number of nitrogens with zero attached hydrogens (tertiary/aromatic N) is 1. The van der Waals surface area contributed by atoms with E-state index in [2.05, 4.69) is 28.5 Å². The van der Waals surface area contributed by atoms with Gasteiger partial charge in [-0.2, -0.15) is 4.99 Å². The molecule has 194 valence electrons. The average Bonchev–Trinajstić information content (AvgIpc) is 2.77. The average molecular weight is 494 g/mol. The van der Waals surface area contributed by atoms with Crippen LogP contribution < -0.4 is 11.1 Å². The molecule has 0 spiro atoms. The Balaban J connectivity index is 1.92. The van der Waals surface area contributed by atoms with Crippen molar-refractivity contribution < 1.29 is 19.1 Å². The maximum Gasteiger partial charge on any atom is 0.434 e. The van der Waals surface area contributed by atoms with E-state index in [1.54, 1.807) is 0 Å². The molecule has 36 heavy (non-hydrogen) atoms. The molecule has 0 fully saturated rings. The largest absolute Gasteiger partial charge is 0.444 e. The van der Waals surface area contributed by atoms with E-state index >= 15 is 0 Å². The van der Waals surface area contributed by atoms with Crippen LogP contribution in [-0.4, -0.2) is 29.1 Å². The third-order valence-electron chi connectivity index (χ3n) is 5.69. The van der Waals surface area contributed by atoms with Gasteiger partial charge in [-0.3, -0.25) is 5.32 Å². The normalized spacial score (nSPS) is 23.1. The molecule has 3 rings (SSSR count). The Morgan fingerprint density at radius 3 is 2.22 bits per heavy atom. The SMILES string of the molecule is CC(C)(C)OC(=O)N=C1C=CC(=C2CCC(NC(=O)OC(C)(C)C)=CC2=C(N)C2=CCCC=C2)CC1. The van der Waals surface area contributed by atoms with Gasteiger partial charge in [0, 0.05) is 22.7 Å². The van der Waals surface area contributed by atoms with Crippen LogP contribution in [0.4, 0.5) is 9.59 Å². The summed E-state index contributed by atoms with van der Waals surface area (Å²) in [6.45, 7) is 11.0. The zero-order valence-corrected chi connectivity index (χ0v) is 22.4. The minimum Gasteiger partial charge on any atom is -0.444 e. The van der Waals surface area contributed by atoms with Crippen LogP contribution in [0.3, 0.4) is 0 Å². The Bertz CT molecular complexity index is 1120. The van der Waals surface area contributed by atoms with Crippen LogP contribution in [0.5, 0.6) is 0 Å². The summed E-state index contributed by atoms with van der Waals surface area (Å²) in [5.74, 6) is 0. The van der Waals surface area contributed by atoms with Crippen molar-refractivity contribution in [1.29, 1.82) is 0 Å². The molecule has 0 saturated heterocycles. The van der Waals surface area contributed by atoms with Crippen LogP contribution in [0.15, 0.2) is 75.1 Å². The van der Waals surface area contributed by atoms with Gasteiger partial charge in [0.1, 0.15) is 11.2 Å². The van der Waals surface area contributed by atoms with E-state index in [1.165, 1.54) is 0 Å². The molecule has 7 nitrogen and oxygen atoms in total. The molecule has 0 radical (unpaired) electrons. The van der Waals surface area contributed by atoms with Gasteiger partial charge in [0.15, 0.2) is 0 Å². The lowest BCUT2D eigenvalue weighted by Crippen LogP contribution is -2.32. The van der Waals surface area contributed by atoms with E-state index in [4.69, 9.17) is 15.2 Å². The maximum atomic E-state index is 12.4. The van der Waals surface area contributed by atoms with Gasteiger partial charge in [0.05, 0.1) is 0 Å². The molecule has 0 unspecified atom stereocenters. The first kappa shape index (κ1) is 27.2. The highest BCUT2D eigenvalue weighted by Crippen LogP contribution is 2.36. The molecule has 0 heterocycles. The van der Waals surface area contributed by atoms with Crippen molar-refractivity contribution in [2.45, 2.75) is 91.3 Å². The number of aliphatic imine (C=N–C) groups is 1. The topological polar surface area (TPSA) is 103 Å². The summed E-state index contributed by atoms with van der Waals surface area (Å²) in [7, 11) is 0. The summed E-state index contributed by atoms with van der Waals surface area (Å²) >= 11 is 0. The molecule has 0 atom stereocenters. The Morgan fingerprint density at radius 1 is 0.917 bits per heavy atom. The number of ether oxygens (including phenoxy) is 2. The highest BCUT2D eigenvalue weighted by Gasteiger charge is 2.24. The predicted molar refractivity (Wildman–Crippen MR) is 143 cm³/mol. The molecule has 0 aromatic carbocycles. The van der Waals surface area contributed by atoms with Gasteiger partial charge < -0.3 is 15.2 Å². The van der Waals surface area contributed by atoms with Gasteiger partial charge in [-0.15, -0.1) is 0 Å². The van der Waals surface area contributed by atoms with Crippen molar-refractivity contribution in [3.8, 4) is 0 Å². The predicted octanol–water partition coefficient (Wildman–Crippen LogP) is 6.70. The monoisotopic (exact) mass is 493 g/mol. The van der Waals surface area contributed by atoms with E-state index in [0.29, 0.717) is 24.3 Å². The fourth-order valence-electron chi connectivity index (χ4n) is 4.18. The van der Waals surface area contributed by atoms with Crippen LogP contribution in [0.25, 0.3) is 0 Å². The first-order valence-corrected chi connectivity index (χ1v) is 12.6. The molecule has 0 aromatic heterocycles. The molecule has 0 saturated carbocycles. The first-order chi connectivity index (χ1) is 16.8. The fourth-order valence-corrected chi connectivity index (χ4v) is 4.18. The van der Waals surface area contributed by atoms with Crippen molar-refractivity contribution in [2.24, 2.45) is 10.7 Å². The molecule has 0 aromatic rings. The second-order valence-electron chi connectivity index (χ2n) is 11.2. The van der Waals surface area contributed by atoms with Gasteiger partial charge in [-0.25, -0.2) is 9.59 Å². The standard InChI is InChI=1S/C29H39N3O4/c1-28(2,3)35-26(33)31-21-14-12-19(13-15-21)23-17-16-22(32-27(34)36-29(4,5)6)18-24(23)25(30)20-10-8-7-9-11-20/h8,10-12,14,18H,7,9,13,15-17,30H2,1-6H3,(H,32,34). The van der Waals surface area contributed by atoms with E-state index in [0.717, 1.165) is 53.7 Å². The van der Waals surface area contributed by atoms with Crippen LogP contribution in [-0.2, 0) is 9.47 Å². The number of hydrogen-bond acceptors (Lipinski definition) is 5. The van der Waals surface area contributed by atoms with E-state index < -0.39 is 23.4 Å². The van der Waals surface area contributed by atoms with Crippen molar-refractivity contribution in [3.63, 3.8) is 0 Å². The van der Waals surface area contributed by atoms with Crippen molar-refractivity contribution in [1.82, 2.24) is 5.32 Å². The number of nitrogens with one attached hydrogen (secondary N) is 1. The molecule has 3 aliphatic rings. The lowest BCUT2D eigenvalue weighted by atomic mass is 9.83. The second kappa shape index (κ2) is 11.1. The molecular weight excluding hydrogens is 454 g/mol. The third kappa shape index (κ3) is 8.11.